The summed E-state index contributed by atoms with van der Waals surface area (Å²) in [4.78, 5) is 21.8. The van der Waals surface area contributed by atoms with Crippen LogP contribution in [0.3, 0.4) is 0 Å². The number of nitrogens with two attached hydrogens (primary N) is 1. The van der Waals surface area contributed by atoms with Crippen molar-refractivity contribution in [2.45, 2.75) is 39.2 Å². The maximum atomic E-state index is 13.1. The number of fused-ring (bicyclic) bond motifs is 2. The number of amides is 1. The van der Waals surface area contributed by atoms with E-state index in [1.165, 1.54) is 19.2 Å². The van der Waals surface area contributed by atoms with Gasteiger partial charge in [-0.15, -0.1) is 0 Å². The van der Waals surface area contributed by atoms with Gasteiger partial charge in [-0.1, -0.05) is 18.2 Å². The molecule has 1 fully saturated rings. The molecule has 3 N–H and O–H groups in total. The lowest BCUT2D eigenvalue weighted by Crippen LogP contribution is -2.28. The molecule has 3 aromatic heterocycles. The average molecular weight is 403 g/mol. The third-order valence-electron chi connectivity index (χ3n) is 5.51. The first-order valence-corrected chi connectivity index (χ1v) is 10.2. The van der Waals surface area contributed by atoms with Crippen molar-refractivity contribution in [1.29, 1.82) is 0 Å². The van der Waals surface area contributed by atoms with Gasteiger partial charge in [0.15, 0.2) is 11.5 Å². The molecule has 0 bridgehead atoms. The molecule has 1 aromatic carbocycles. The van der Waals surface area contributed by atoms with Crippen LogP contribution in [0.1, 0.15) is 44.1 Å². The Bertz CT molecular complexity index is 1270. The molecular formula is C22H25N7O. The molecule has 0 unspecified atom stereocenters. The van der Waals surface area contributed by atoms with Gasteiger partial charge in [-0.3, -0.25) is 9.36 Å². The number of nitrogens with zero attached hydrogens (tertiary/aromatic N) is 5. The van der Waals surface area contributed by atoms with Crippen LogP contribution in [0.5, 0.6) is 0 Å². The van der Waals surface area contributed by atoms with Gasteiger partial charge in [-0.25, -0.2) is 14.6 Å². The van der Waals surface area contributed by atoms with E-state index in [4.69, 9.17) is 10.8 Å². The largest absolute Gasteiger partial charge is 0.383 e. The first-order valence-electron chi connectivity index (χ1n) is 10.2. The van der Waals surface area contributed by atoms with Crippen molar-refractivity contribution < 1.29 is 4.79 Å². The van der Waals surface area contributed by atoms with Crippen LogP contribution in [0, 0.1) is 5.92 Å². The number of hydrogen-bond donors (Lipinski definition) is 2. The molecule has 4 aromatic rings. The highest BCUT2D eigenvalue weighted by atomic mass is 16.1. The third kappa shape index (κ3) is 2.99. The molecule has 0 radical (unpaired) electrons. The number of benzene rings is 1. The Labute approximate surface area is 174 Å². The number of anilines is 1. The highest BCUT2D eigenvalue weighted by molar-refractivity contribution is 6.02. The Morgan fingerprint density at radius 3 is 2.73 bits per heavy atom. The Morgan fingerprint density at radius 2 is 2.00 bits per heavy atom. The van der Waals surface area contributed by atoms with Gasteiger partial charge in [0.25, 0.3) is 5.91 Å². The summed E-state index contributed by atoms with van der Waals surface area (Å²) < 4.78 is 3.72. The number of carbonyl (C=O) groups is 1. The first-order chi connectivity index (χ1) is 14.3. The van der Waals surface area contributed by atoms with Crippen molar-refractivity contribution in [1.82, 2.24) is 29.6 Å². The quantitative estimate of drug-likeness (QED) is 0.544. The number of hydrogen-bond acceptors (Lipinski definition) is 5. The molecule has 8 nitrogen and oxygen atoms in total. The summed E-state index contributed by atoms with van der Waals surface area (Å²) in [6.45, 7) is 6.86. The van der Waals surface area contributed by atoms with Gasteiger partial charge in [-0.2, -0.15) is 5.10 Å². The van der Waals surface area contributed by atoms with E-state index in [0.717, 1.165) is 10.9 Å². The fourth-order valence-corrected chi connectivity index (χ4v) is 3.78. The highest BCUT2D eigenvalue weighted by Gasteiger charge is 2.28. The van der Waals surface area contributed by atoms with Crippen LogP contribution >= 0.6 is 0 Å². The van der Waals surface area contributed by atoms with Crippen molar-refractivity contribution in [3.8, 4) is 5.82 Å². The van der Waals surface area contributed by atoms with Gasteiger partial charge in [0.05, 0.1) is 11.1 Å². The zero-order valence-corrected chi connectivity index (χ0v) is 17.4. The molecule has 0 saturated heterocycles. The highest BCUT2D eigenvalue weighted by Crippen LogP contribution is 2.33. The molecule has 8 heteroatoms. The topological polar surface area (TPSA) is 104 Å². The van der Waals surface area contributed by atoms with Crippen molar-refractivity contribution in [2.75, 3.05) is 12.3 Å². The van der Waals surface area contributed by atoms with Crippen LogP contribution in [-0.2, 0) is 5.54 Å². The summed E-state index contributed by atoms with van der Waals surface area (Å²) in [5.41, 5.74) is 8.01. The van der Waals surface area contributed by atoms with Crippen LogP contribution < -0.4 is 11.1 Å². The van der Waals surface area contributed by atoms with E-state index in [0.29, 0.717) is 40.8 Å². The average Bonchev–Trinajstić information content (AvgIpc) is 3.32. The number of nitrogens with one attached hydrogen (secondary N) is 1. The first kappa shape index (κ1) is 18.6. The Hall–Kier alpha value is -3.42. The summed E-state index contributed by atoms with van der Waals surface area (Å²) in [6.07, 6.45) is 3.80. The monoisotopic (exact) mass is 403 g/mol. The van der Waals surface area contributed by atoms with Crippen LogP contribution in [-0.4, -0.2) is 36.8 Å². The minimum atomic E-state index is -0.325. The SMILES string of the molecule is CC(C)(C)n1nc(-n2c(C(=O)NCC3CC3)cc3ccccc32)c2c(N)ncnc21. The number of para-hydroxylation sites is 1. The fraction of sp³-hybridized carbons (Fsp3) is 0.364. The van der Waals surface area contributed by atoms with Gasteiger partial charge in [-0.05, 0) is 51.7 Å². The molecule has 1 saturated carbocycles. The zero-order valence-electron chi connectivity index (χ0n) is 17.4. The summed E-state index contributed by atoms with van der Waals surface area (Å²) in [5.74, 6) is 1.38. The van der Waals surface area contributed by atoms with Crippen molar-refractivity contribution in [2.24, 2.45) is 5.92 Å². The predicted octanol–water partition coefficient (Wildman–Crippen LogP) is 3.25. The lowest BCUT2D eigenvalue weighted by atomic mass is 10.1. The molecule has 0 atom stereocenters. The van der Waals surface area contributed by atoms with Gasteiger partial charge >= 0.3 is 0 Å². The molecule has 154 valence electrons. The molecule has 5 rings (SSSR count). The maximum absolute atomic E-state index is 13.1. The van der Waals surface area contributed by atoms with Crippen LogP contribution in [0.2, 0.25) is 0 Å². The molecule has 1 amide bonds. The van der Waals surface area contributed by atoms with Gasteiger partial charge in [0.2, 0.25) is 0 Å². The van der Waals surface area contributed by atoms with Crippen LogP contribution in [0.15, 0.2) is 36.7 Å². The minimum absolute atomic E-state index is 0.119. The molecule has 1 aliphatic carbocycles. The van der Waals surface area contributed by atoms with Gasteiger partial charge in [0, 0.05) is 11.9 Å². The van der Waals surface area contributed by atoms with Crippen molar-refractivity contribution in [3.05, 3.63) is 42.4 Å². The second kappa shape index (κ2) is 6.55. The van der Waals surface area contributed by atoms with E-state index < -0.39 is 0 Å². The lowest BCUT2D eigenvalue weighted by molar-refractivity contribution is 0.0945. The second-order valence-corrected chi connectivity index (χ2v) is 8.94. The van der Waals surface area contributed by atoms with Crippen LogP contribution in [0.25, 0.3) is 27.8 Å². The lowest BCUT2D eigenvalue weighted by Gasteiger charge is -2.19. The Balaban J connectivity index is 1.78. The van der Waals surface area contributed by atoms with E-state index >= 15 is 0 Å². The normalized spacial score (nSPS) is 14.5. The molecule has 0 spiro atoms. The van der Waals surface area contributed by atoms with Gasteiger partial charge in [0.1, 0.15) is 23.2 Å². The number of nitrogen functional groups attached to an aromatic ring is 1. The molecular weight excluding hydrogens is 378 g/mol. The van der Waals surface area contributed by atoms with E-state index in [2.05, 4.69) is 36.1 Å². The zero-order chi connectivity index (χ0) is 21.0. The van der Waals surface area contributed by atoms with E-state index in [9.17, 15) is 4.79 Å². The van der Waals surface area contributed by atoms with E-state index in [1.54, 1.807) is 0 Å². The molecule has 30 heavy (non-hydrogen) atoms. The molecule has 1 aliphatic rings. The second-order valence-electron chi connectivity index (χ2n) is 8.94. The Kier molecular flexibility index (Phi) is 4.06. The van der Waals surface area contributed by atoms with Crippen molar-refractivity contribution >= 4 is 33.7 Å². The summed E-state index contributed by atoms with van der Waals surface area (Å²) in [7, 11) is 0. The fourth-order valence-electron chi connectivity index (χ4n) is 3.78. The maximum Gasteiger partial charge on any atom is 0.268 e. The summed E-state index contributed by atoms with van der Waals surface area (Å²) in [5, 5.41) is 9.56. The third-order valence-corrected chi connectivity index (χ3v) is 5.51. The standard InChI is InChI=1S/C22H25N7O/c1-22(2,3)29-19-17(18(23)25-12-26-19)20(27-29)28-15-7-5-4-6-14(15)10-16(28)21(30)24-11-13-8-9-13/h4-7,10,12-13H,8-9,11H2,1-3H3,(H,24,30)(H2,23,25,26). The molecule has 3 heterocycles. The Morgan fingerprint density at radius 1 is 1.23 bits per heavy atom. The number of aromatic nitrogens is 5. The summed E-state index contributed by atoms with van der Waals surface area (Å²) in [6, 6.07) is 9.79. The van der Waals surface area contributed by atoms with E-state index in [-0.39, 0.29) is 11.4 Å². The van der Waals surface area contributed by atoms with Crippen LogP contribution in [0.4, 0.5) is 5.82 Å². The van der Waals surface area contributed by atoms with Crippen molar-refractivity contribution in [3.63, 3.8) is 0 Å². The summed E-state index contributed by atoms with van der Waals surface area (Å²) >= 11 is 0. The number of rotatable bonds is 4. The predicted molar refractivity (Wildman–Crippen MR) is 117 cm³/mol. The smallest absolute Gasteiger partial charge is 0.268 e. The van der Waals surface area contributed by atoms with E-state index in [1.807, 2.05) is 39.6 Å². The minimum Gasteiger partial charge on any atom is -0.383 e. The number of carbonyl (C=O) groups excluding carboxylic acids is 1. The molecule has 0 aliphatic heterocycles. The van der Waals surface area contributed by atoms with Gasteiger partial charge < -0.3 is 11.1 Å².